The van der Waals surface area contributed by atoms with Gasteiger partial charge in [0, 0.05) is 18.7 Å². The number of hydrogen-bond donors (Lipinski definition) is 1. The molecule has 2 rings (SSSR count). The summed E-state index contributed by atoms with van der Waals surface area (Å²) in [5.74, 6) is 1.44. The van der Waals surface area contributed by atoms with E-state index in [0.29, 0.717) is 12.2 Å². The second kappa shape index (κ2) is 5.40. The van der Waals surface area contributed by atoms with E-state index in [-0.39, 0.29) is 0 Å². The van der Waals surface area contributed by atoms with Gasteiger partial charge in [0.05, 0.1) is 5.69 Å². The summed E-state index contributed by atoms with van der Waals surface area (Å²) in [6.07, 6.45) is 0.842. The van der Waals surface area contributed by atoms with Crippen LogP contribution in [0.5, 0.6) is 0 Å². The van der Waals surface area contributed by atoms with Gasteiger partial charge in [-0.15, -0.1) is 0 Å². The van der Waals surface area contributed by atoms with E-state index in [1.807, 2.05) is 23.7 Å². The molecule has 4 nitrogen and oxygen atoms in total. The molecule has 2 aromatic heterocycles. The standard InChI is InChI=1S/C14H20N2O2/c1-4-11-8-12(16(5-2)15-11)9-13(17)14-7-6-10(3)18-14/h6-8,13,17H,4-5,9H2,1-3H3. The fraction of sp³-hybridized carbons (Fsp3) is 0.500. The van der Waals surface area contributed by atoms with Crippen LogP contribution in [0.3, 0.4) is 0 Å². The minimum Gasteiger partial charge on any atom is -0.464 e. The van der Waals surface area contributed by atoms with Crippen LogP contribution < -0.4 is 0 Å². The predicted molar refractivity (Wildman–Crippen MR) is 69.4 cm³/mol. The van der Waals surface area contributed by atoms with E-state index in [2.05, 4.69) is 25.0 Å². The molecule has 0 bridgehead atoms. The van der Waals surface area contributed by atoms with Crippen LogP contribution in [0, 0.1) is 6.92 Å². The molecule has 0 radical (unpaired) electrons. The molecule has 18 heavy (non-hydrogen) atoms. The first-order chi connectivity index (χ1) is 8.63. The van der Waals surface area contributed by atoms with Crippen molar-refractivity contribution in [2.75, 3.05) is 0 Å². The Bertz CT molecular complexity index is 514. The molecule has 0 fully saturated rings. The summed E-state index contributed by atoms with van der Waals surface area (Å²) in [4.78, 5) is 0. The van der Waals surface area contributed by atoms with Crippen LogP contribution in [0.2, 0.25) is 0 Å². The fourth-order valence-corrected chi connectivity index (χ4v) is 2.06. The van der Waals surface area contributed by atoms with Crippen molar-refractivity contribution in [1.82, 2.24) is 9.78 Å². The van der Waals surface area contributed by atoms with Crippen LogP contribution in [-0.4, -0.2) is 14.9 Å². The topological polar surface area (TPSA) is 51.2 Å². The highest BCUT2D eigenvalue weighted by atomic mass is 16.4. The largest absolute Gasteiger partial charge is 0.464 e. The summed E-state index contributed by atoms with van der Waals surface area (Å²) < 4.78 is 7.39. The van der Waals surface area contributed by atoms with Gasteiger partial charge in [0.1, 0.15) is 17.6 Å². The van der Waals surface area contributed by atoms with Gasteiger partial charge in [-0.25, -0.2) is 0 Å². The van der Waals surface area contributed by atoms with Gasteiger partial charge in [0.25, 0.3) is 0 Å². The first-order valence-electron chi connectivity index (χ1n) is 6.44. The lowest BCUT2D eigenvalue weighted by molar-refractivity contribution is 0.146. The highest BCUT2D eigenvalue weighted by molar-refractivity contribution is 5.15. The molecule has 98 valence electrons. The Hall–Kier alpha value is -1.55. The maximum Gasteiger partial charge on any atom is 0.133 e. The normalized spacial score (nSPS) is 12.9. The summed E-state index contributed by atoms with van der Waals surface area (Å²) >= 11 is 0. The van der Waals surface area contributed by atoms with Crippen LogP contribution in [0.1, 0.15) is 42.9 Å². The monoisotopic (exact) mass is 248 g/mol. The van der Waals surface area contributed by atoms with Gasteiger partial charge >= 0.3 is 0 Å². The molecule has 0 aromatic carbocycles. The number of furan rings is 1. The SMILES string of the molecule is CCc1cc(CC(O)c2ccc(C)o2)n(CC)n1. The van der Waals surface area contributed by atoms with Crippen LogP contribution in [-0.2, 0) is 19.4 Å². The quantitative estimate of drug-likeness (QED) is 0.885. The zero-order chi connectivity index (χ0) is 13.1. The maximum absolute atomic E-state index is 10.2. The van der Waals surface area contributed by atoms with Crippen molar-refractivity contribution in [3.63, 3.8) is 0 Å². The third-order valence-corrected chi connectivity index (χ3v) is 3.07. The maximum atomic E-state index is 10.2. The molecule has 0 spiro atoms. The zero-order valence-corrected chi connectivity index (χ0v) is 11.2. The molecule has 4 heteroatoms. The molecule has 0 saturated heterocycles. The van der Waals surface area contributed by atoms with Gasteiger partial charge in [-0.1, -0.05) is 6.92 Å². The van der Waals surface area contributed by atoms with Crippen LogP contribution in [0.4, 0.5) is 0 Å². The van der Waals surface area contributed by atoms with Crippen molar-refractivity contribution in [1.29, 1.82) is 0 Å². The number of hydrogen-bond acceptors (Lipinski definition) is 3. The summed E-state index contributed by atoms with van der Waals surface area (Å²) in [5.41, 5.74) is 2.12. The van der Waals surface area contributed by atoms with E-state index >= 15 is 0 Å². The Labute approximate surface area is 107 Å². The summed E-state index contributed by atoms with van der Waals surface area (Å²) in [6, 6.07) is 5.75. The van der Waals surface area contributed by atoms with E-state index in [0.717, 1.165) is 30.1 Å². The average molecular weight is 248 g/mol. The number of nitrogens with zero attached hydrogens (tertiary/aromatic N) is 2. The van der Waals surface area contributed by atoms with Crippen molar-refractivity contribution >= 4 is 0 Å². The number of aliphatic hydroxyl groups excluding tert-OH is 1. The zero-order valence-electron chi connectivity index (χ0n) is 11.2. The Morgan fingerprint density at radius 1 is 1.39 bits per heavy atom. The Balaban J connectivity index is 2.15. The van der Waals surface area contributed by atoms with Gasteiger partial charge in [0.2, 0.25) is 0 Å². The highest BCUT2D eigenvalue weighted by Gasteiger charge is 2.15. The molecule has 0 saturated carbocycles. The lowest BCUT2D eigenvalue weighted by atomic mass is 10.1. The lowest BCUT2D eigenvalue weighted by Gasteiger charge is -2.09. The summed E-state index contributed by atoms with van der Waals surface area (Å²) in [7, 11) is 0. The van der Waals surface area contributed by atoms with Gasteiger partial charge < -0.3 is 9.52 Å². The van der Waals surface area contributed by atoms with Gasteiger partial charge in [-0.2, -0.15) is 5.10 Å². The van der Waals surface area contributed by atoms with E-state index in [1.54, 1.807) is 0 Å². The summed E-state index contributed by atoms with van der Waals surface area (Å²) in [5, 5.41) is 14.6. The second-order valence-electron chi connectivity index (χ2n) is 4.46. The Morgan fingerprint density at radius 3 is 2.72 bits per heavy atom. The van der Waals surface area contributed by atoms with Crippen LogP contribution in [0.25, 0.3) is 0 Å². The molecular weight excluding hydrogens is 228 g/mol. The predicted octanol–water partition coefficient (Wildman–Crippen LogP) is 2.64. The van der Waals surface area contributed by atoms with Crippen LogP contribution in [0.15, 0.2) is 22.6 Å². The molecule has 2 aromatic rings. The minimum atomic E-state index is -0.606. The minimum absolute atomic E-state index is 0.536. The smallest absolute Gasteiger partial charge is 0.133 e. The molecule has 1 atom stereocenters. The van der Waals surface area contributed by atoms with E-state index in [9.17, 15) is 5.11 Å². The number of aryl methyl sites for hydroxylation is 3. The van der Waals surface area contributed by atoms with Gasteiger partial charge in [-0.05, 0) is 38.5 Å². The molecule has 1 unspecified atom stereocenters. The molecule has 2 heterocycles. The third-order valence-electron chi connectivity index (χ3n) is 3.07. The Kier molecular flexibility index (Phi) is 3.87. The number of aromatic nitrogens is 2. The van der Waals surface area contributed by atoms with E-state index in [4.69, 9.17) is 4.42 Å². The van der Waals surface area contributed by atoms with Crippen molar-refractivity contribution < 1.29 is 9.52 Å². The number of aliphatic hydroxyl groups is 1. The molecule has 0 amide bonds. The van der Waals surface area contributed by atoms with E-state index in [1.165, 1.54) is 0 Å². The Morgan fingerprint density at radius 2 is 2.17 bits per heavy atom. The molecular formula is C14H20N2O2. The lowest BCUT2D eigenvalue weighted by Crippen LogP contribution is -2.08. The molecule has 0 aliphatic heterocycles. The number of rotatable bonds is 5. The van der Waals surface area contributed by atoms with Crippen LogP contribution >= 0.6 is 0 Å². The van der Waals surface area contributed by atoms with Crippen molar-refractivity contribution in [2.24, 2.45) is 0 Å². The molecule has 0 aliphatic carbocycles. The fourth-order valence-electron chi connectivity index (χ4n) is 2.06. The summed E-state index contributed by atoms with van der Waals surface area (Å²) in [6.45, 7) is 6.83. The average Bonchev–Trinajstić information content (AvgIpc) is 2.95. The second-order valence-corrected chi connectivity index (χ2v) is 4.46. The van der Waals surface area contributed by atoms with Crippen molar-refractivity contribution in [2.45, 2.75) is 46.3 Å². The molecule has 0 aliphatic rings. The van der Waals surface area contributed by atoms with Gasteiger partial charge in [-0.3, -0.25) is 4.68 Å². The van der Waals surface area contributed by atoms with Crippen molar-refractivity contribution in [3.05, 3.63) is 41.1 Å². The highest BCUT2D eigenvalue weighted by Crippen LogP contribution is 2.21. The molecule has 1 N–H and O–H groups in total. The third kappa shape index (κ3) is 2.64. The van der Waals surface area contributed by atoms with Crippen molar-refractivity contribution in [3.8, 4) is 0 Å². The van der Waals surface area contributed by atoms with Gasteiger partial charge in [0.15, 0.2) is 0 Å². The first-order valence-corrected chi connectivity index (χ1v) is 6.44. The van der Waals surface area contributed by atoms with E-state index < -0.39 is 6.10 Å². The first kappa shape index (κ1) is 12.9.